The third kappa shape index (κ3) is 3.48. The molecule has 0 saturated carbocycles. The molecule has 0 bridgehead atoms. The zero-order chi connectivity index (χ0) is 21.3. The summed E-state index contributed by atoms with van der Waals surface area (Å²) in [6.45, 7) is 1.78. The lowest BCUT2D eigenvalue weighted by Gasteiger charge is -2.30. The molecule has 3 aromatic rings. The van der Waals surface area contributed by atoms with Gasteiger partial charge in [0.25, 0.3) is 0 Å². The van der Waals surface area contributed by atoms with Crippen molar-refractivity contribution in [2.45, 2.75) is 24.7 Å². The lowest BCUT2D eigenvalue weighted by molar-refractivity contribution is -0.120. The summed E-state index contributed by atoms with van der Waals surface area (Å²) in [6, 6.07) is 13.6. The maximum absolute atomic E-state index is 13.0. The topological polar surface area (TPSA) is 106 Å². The fraction of sp³-hybridized carbons (Fsp3) is 0.190. The maximum Gasteiger partial charge on any atom is 0.335 e. The van der Waals surface area contributed by atoms with Crippen LogP contribution < -0.4 is 9.64 Å². The Hall–Kier alpha value is -3.46. The van der Waals surface area contributed by atoms with E-state index in [1.165, 1.54) is 23.9 Å². The van der Waals surface area contributed by atoms with Gasteiger partial charge in [-0.3, -0.25) is 9.69 Å². The first kappa shape index (κ1) is 19.8. The van der Waals surface area contributed by atoms with Gasteiger partial charge in [0.05, 0.1) is 11.3 Å². The molecule has 2 heterocycles. The molecular weight excluding hydrogens is 404 g/mol. The van der Waals surface area contributed by atoms with Gasteiger partial charge in [-0.1, -0.05) is 49.0 Å². The number of para-hydroxylation sites is 1. The second kappa shape index (κ2) is 8.11. The fourth-order valence-corrected chi connectivity index (χ4v) is 3.54. The van der Waals surface area contributed by atoms with E-state index in [0.29, 0.717) is 27.7 Å². The van der Waals surface area contributed by atoms with E-state index in [-0.39, 0.29) is 23.8 Å². The average molecular weight is 422 g/mol. The number of carboxylic acid groups (broad SMARTS) is 1. The largest absolute Gasteiger partial charge is 0.478 e. The molecule has 1 amide bonds. The Balaban J connectivity index is 1.93. The van der Waals surface area contributed by atoms with Crippen LogP contribution in [0.2, 0.25) is 0 Å². The monoisotopic (exact) mass is 422 g/mol. The number of thioether (sulfide) groups is 1. The number of carbonyl (C=O) groups excluding carboxylic acids is 1. The number of fused-ring (bicyclic) bond motifs is 3. The van der Waals surface area contributed by atoms with Crippen LogP contribution in [0.4, 0.5) is 5.69 Å². The molecule has 1 N–H and O–H groups in total. The number of aromatic carboxylic acids is 1. The number of aromatic nitrogens is 3. The van der Waals surface area contributed by atoms with Gasteiger partial charge in [0.1, 0.15) is 0 Å². The highest BCUT2D eigenvalue weighted by molar-refractivity contribution is 7.98. The summed E-state index contributed by atoms with van der Waals surface area (Å²) < 4.78 is 6.23. The molecule has 0 saturated heterocycles. The first-order chi connectivity index (χ1) is 14.5. The van der Waals surface area contributed by atoms with Crippen LogP contribution in [0, 0.1) is 0 Å². The molecule has 8 nitrogen and oxygen atoms in total. The summed E-state index contributed by atoms with van der Waals surface area (Å²) in [6.07, 6.45) is 1.25. The van der Waals surface area contributed by atoms with Crippen molar-refractivity contribution < 1.29 is 19.4 Å². The fourth-order valence-electron chi connectivity index (χ4n) is 3.25. The van der Waals surface area contributed by atoms with Crippen molar-refractivity contribution in [1.82, 2.24) is 15.2 Å². The van der Waals surface area contributed by atoms with Gasteiger partial charge in [-0.15, -0.1) is 10.2 Å². The minimum absolute atomic E-state index is 0.148. The number of anilines is 1. The van der Waals surface area contributed by atoms with Gasteiger partial charge in [0, 0.05) is 17.5 Å². The summed E-state index contributed by atoms with van der Waals surface area (Å²) in [7, 11) is 0. The number of hydrogen-bond donors (Lipinski definition) is 1. The van der Waals surface area contributed by atoms with Gasteiger partial charge in [-0.05, 0) is 24.5 Å². The van der Waals surface area contributed by atoms with E-state index in [1.54, 1.807) is 24.0 Å². The molecular formula is C21H18N4O4S. The Morgan fingerprint density at radius 2 is 1.87 bits per heavy atom. The number of nitrogens with zero attached hydrogens (tertiary/aromatic N) is 4. The van der Waals surface area contributed by atoms with Crippen LogP contribution in [-0.2, 0) is 4.79 Å². The van der Waals surface area contributed by atoms with Crippen LogP contribution in [0.1, 0.15) is 35.5 Å². The number of benzene rings is 2. The van der Waals surface area contributed by atoms with Gasteiger partial charge in [-0.2, -0.15) is 4.98 Å². The Kier molecular flexibility index (Phi) is 5.37. The van der Waals surface area contributed by atoms with Gasteiger partial charge in [0.15, 0.2) is 5.69 Å². The van der Waals surface area contributed by atoms with Crippen LogP contribution >= 0.6 is 11.8 Å². The number of amides is 1. The summed E-state index contributed by atoms with van der Waals surface area (Å²) >= 11 is 1.33. The van der Waals surface area contributed by atoms with Gasteiger partial charge in [0.2, 0.25) is 23.2 Å². The lowest BCUT2D eigenvalue weighted by Crippen LogP contribution is -2.37. The van der Waals surface area contributed by atoms with Gasteiger partial charge < -0.3 is 9.84 Å². The van der Waals surface area contributed by atoms with Crippen LogP contribution in [0.5, 0.6) is 5.88 Å². The van der Waals surface area contributed by atoms with Crippen molar-refractivity contribution in [3.05, 3.63) is 59.7 Å². The normalized spacial score (nSPS) is 14.9. The Labute approximate surface area is 176 Å². The van der Waals surface area contributed by atoms with Crippen molar-refractivity contribution in [3.8, 4) is 17.1 Å². The molecule has 1 aliphatic rings. The second-order valence-electron chi connectivity index (χ2n) is 6.48. The van der Waals surface area contributed by atoms with E-state index < -0.39 is 12.2 Å². The Bertz CT molecular complexity index is 1120. The van der Waals surface area contributed by atoms with Crippen molar-refractivity contribution in [3.63, 3.8) is 0 Å². The van der Waals surface area contributed by atoms with Crippen LogP contribution in [0.3, 0.4) is 0 Å². The van der Waals surface area contributed by atoms with Crippen LogP contribution in [0.25, 0.3) is 11.3 Å². The third-order valence-corrected chi connectivity index (χ3v) is 5.25. The zero-order valence-electron chi connectivity index (χ0n) is 16.3. The molecule has 1 atom stereocenters. The molecule has 30 heavy (non-hydrogen) atoms. The second-order valence-corrected chi connectivity index (χ2v) is 7.26. The number of carboxylic acids is 1. The number of rotatable bonds is 4. The molecule has 1 aliphatic heterocycles. The summed E-state index contributed by atoms with van der Waals surface area (Å²) in [5.41, 5.74) is 2.53. The Morgan fingerprint density at radius 3 is 2.53 bits per heavy atom. The predicted molar refractivity (Wildman–Crippen MR) is 112 cm³/mol. The van der Waals surface area contributed by atoms with Crippen molar-refractivity contribution in [2.75, 3.05) is 11.2 Å². The SMILES string of the molecule is CCC(=O)N1c2ccccc2-c2nnc(SC)nc2O[C@@H]1c1ccc(C(=O)O)cc1. The number of ether oxygens (including phenoxy) is 1. The molecule has 2 aromatic carbocycles. The zero-order valence-corrected chi connectivity index (χ0v) is 17.1. The third-order valence-electron chi connectivity index (χ3n) is 4.71. The first-order valence-corrected chi connectivity index (χ1v) is 10.5. The predicted octanol–water partition coefficient (Wildman–Crippen LogP) is 3.79. The minimum atomic E-state index is -1.03. The van der Waals surface area contributed by atoms with Crippen LogP contribution in [-0.4, -0.2) is 38.4 Å². The van der Waals surface area contributed by atoms with Crippen LogP contribution in [0.15, 0.2) is 53.7 Å². The number of hydrogen-bond acceptors (Lipinski definition) is 7. The lowest BCUT2D eigenvalue weighted by atomic mass is 10.1. The minimum Gasteiger partial charge on any atom is -0.478 e. The summed E-state index contributed by atoms with van der Waals surface area (Å²) in [5, 5.41) is 18.1. The summed E-state index contributed by atoms with van der Waals surface area (Å²) in [4.78, 5) is 30.3. The molecule has 0 aliphatic carbocycles. The highest BCUT2D eigenvalue weighted by Gasteiger charge is 2.35. The molecule has 0 fully saturated rings. The highest BCUT2D eigenvalue weighted by atomic mass is 32.2. The quantitative estimate of drug-likeness (QED) is 0.633. The van der Waals surface area contributed by atoms with E-state index in [4.69, 9.17) is 4.74 Å². The maximum atomic E-state index is 13.0. The van der Waals surface area contributed by atoms with E-state index in [2.05, 4.69) is 15.2 Å². The number of carbonyl (C=O) groups is 2. The summed E-state index contributed by atoms with van der Waals surface area (Å²) in [5.74, 6) is -0.914. The van der Waals surface area contributed by atoms with Gasteiger partial charge >= 0.3 is 5.97 Å². The molecule has 0 spiro atoms. The molecule has 0 unspecified atom stereocenters. The van der Waals surface area contributed by atoms with Crippen molar-refractivity contribution >= 4 is 29.3 Å². The van der Waals surface area contributed by atoms with E-state index in [0.717, 1.165) is 0 Å². The molecule has 9 heteroatoms. The van der Waals surface area contributed by atoms with E-state index >= 15 is 0 Å². The van der Waals surface area contributed by atoms with Gasteiger partial charge in [-0.25, -0.2) is 4.79 Å². The van der Waals surface area contributed by atoms with Crippen molar-refractivity contribution in [1.29, 1.82) is 0 Å². The first-order valence-electron chi connectivity index (χ1n) is 9.23. The van der Waals surface area contributed by atoms with E-state index in [1.807, 2.05) is 30.5 Å². The smallest absolute Gasteiger partial charge is 0.335 e. The molecule has 1 aromatic heterocycles. The molecule has 4 rings (SSSR count). The van der Waals surface area contributed by atoms with Crippen molar-refractivity contribution in [2.24, 2.45) is 0 Å². The Morgan fingerprint density at radius 1 is 1.13 bits per heavy atom. The van der Waals surface area contributed by atoms with E-state index in [9.17, 15) is 14.7 Å². The molecule has 152 valence electrons. The highest BCUT2D eigenvalue weighted by Crippen LogP contribution is 2.43. The average Bonchev–Trinajstić information content (AvgIpc) is 2.92. The standard InChI is InChI=1S/C21H18N4O4S/c1-3-16(26)25-15-7-5-4-6-14(15)17-18(22-21(30-2)24-23-17)29-19(25)12-8-10-13(11-9-12)20(27)28/h4-11,19H,3H2,1-2H3,(H,27,28)/t19-/m1/s1. The molecule has 0 radical (unpaired) electrons.